The number of carbonyl (C=O) groups excluding carboxylic acids is 6. The minimum Gasteiger partial charge on any atom is -0.494 e. The molecule has 1 aliphatic carbocycles. The van der Waals surface area contributed by atoms with Gasteiger partial charge >= 0.3 is 42.4 Å². The zero-order valence-electron chi connectivity index (χ0n) is 87.5. The largest absolute Gasteiger partial charge is 0.494 e. The van der Waals surface area contributed by atoms with E-state index in [-0.39, 0.29) is 78.0 Å². The Hall–Kier alpha value is -15.9. The summed E-state index contributed by atoms with van der Waals surface area (Å²) < 4.78 is 112. The molecule has 0 spiro atoms. The van der Waals surface area contributed by atoms with Gasteiger partial charge in [-0.05, 0) is 214 Å². The number of hydroxylamine groups is 6. The van der Waals surface area contributed by atoms with Crippen LogP contribution in [0.25, 0.3) is 0 Å². The van der Waals surface area contributed by atoms with Gasteiger partial charge in [0.15, 0.2) is 0 Å². The van der Waals surface area contributed by atoms with Gasteiger partial charge in [0.05, 0.1) is 42.0 Å². The van der Waals surface area contributed by atoms with Gasteiger partial charge in [-0.15, -0.1) is 0 Å². The van der Waals surface area contributed by atoms with Gasteiger partial charge in [0.25, 0.3) is 6.43 Å². The summed E-state index contributed by atoms with van der Waals surface area (Å²) in [7, 11) is 9.83. The smallest absolute Gasteiger partial charge is 0.418 e. The van der Waals surface area contributed by atoms with E-state index in [9.17, 15) is 82.0 Å². The first-order valence-corrected chi connectivity index (χ1v) is 47.6. The van der Waals surface area contributed by atoms with Gasteiger partial charge in [0.2, 0.25) is 0 Å². The standard InChI is InChI=1S/C20H24N2O3.C19H24N2O4.C19H24N2O3.C18H19F3N2O3.C18H20F2N2O3.C18H22N2O4/c1-13-7-10-18(14(2)11-13)25-12-16-5-4-6-17(15-8-9-15)19(16)22(24)20(23)21-3;1-5-24-17-8-6-7-15(18(17)21(23)19(22)20-4)12-25-16-10-9-13(2)11-14(16)3;1-5-15-7-6-8-16(18(15)21(23)19(22)20-4)12-24-17-10-9-13(2)11-14(17)3;1-11-7-8-15(12(2)9-11)26-10-13-5-4-6-14(18(19,20)21)16(13)23(25)17(24)22-3;1-11-7-8-15(12(2)9-11)25-10-13-5-4-6-14(17(19)20)16(13)22(24)18(23)21-3;1-12-8-9-15(13(2)10-12)24-11-14-6-5-7-16(23-4)17(14)20(22)18(21)19-3/h4-7,10-11,15,24H,8-9,12H2,1-3H3,(H,21,23);6-11,23H,5,12H2,1-4H3,(H,20,22);6-11,23H,5,12H2,1-4H3,(H,20,22);4-9,25H,10H2,1-3H3,(H,22,24);4-9,17,24H,10H2,1-3H3,(H,21,23);5-10,22H,11H2,1-4H3,(H,19,21). The molecule has 12 aromatic carbocycles. The monoisotopic (exact) mass is 2060 g/mol. The van der Waals surface area contributed by atoms with Gasteiger partial charge in [-0.3, -0.25) is 31.2 Å². The summed E-state index contributed by atoms with van der Waals surface area (Å²) >= 11 is 0. The Morgan fingerprint density at radius 2 is 0.557 bits per heavy atom. The molecule has 796 valence electrons. The van der Waals surface area contributed by atoms with Crippen molar-refractivity contribution in [1.29, 1.82) is 0 Å². The van der Waals surface area contributed by atoms with Crippen LogP contribution in [-0.2, 0) is 52.2 Å². The van der Waals surface area contributed by atoms with Crippen molar-refractivity contribution in [2.24, 2.45) is 0 Å². The topological polar surface area (TPSA) is 389 Å². The minimum absolute atomic E-state index is 0.0194. The fourth-order valence-corrected chi connectivity index (χ4v) is 15.6. The van der Waals surface area contributed by atoms with Crippen LogP contribution in [0.15, 0.2) is 218 Å². The van der Waals surface area contributed by atoms with Crippen LogP contribution in [0.1, 0.15) is 161 Å². The maximum Gasteiger partial charge on any atom is 0.418 e. The Kier molecular flexibility index (Phi) is 45.0. The first kappa shape index (κ1) is 118. The molecule has 0 aromatic heterocycles. The molecule has 0 saturated heterocycles. The number of hydrogen-bond donors (Lipinski definition) is 12. The second-order valence-corrected chi connectivity index (χ2v) is 34.6. The highest BCUT2D eigenvalue weighted by Gasteiger charge is 2.38. The van der Waals surface area contributed by atoms with Crippen molar-refractivity contribution < 1.29 is 120 Å². The number of amides is 12. The molecular weight excluding hydrogens is 1930 g/mol. The molecule has 1 saturated carbocycles. The third-order valence-electron chi connectivity index (χ3n) is 23.2. The Morgan fingerprint density at radius 3 is 0.852 bits per heavy atom. The van der Waals surface area contributed by atoms with E-state index in [2.05, 4.69) is 44.0 Å². The Morgan fingerprint density at radius 1 is 0.309 bits per heavy atom. The van der Waals surface area contributed by atoms with Crippen molar-refractivity contribution in [3.63, 3.8) is 0 Å². The average Bonchev–Trinajstić information content (AvgIpc) is 1.56. The summed E-state index contributed by atoms with van der Waals surface area (Å²) in [5.74, 6) is 5.39. The highest BCUT2D eigenvalue weighted by Crippen LogP contribution is 2.47. The zero-order valence-corrected chi connectivity index (χ0v) is 87.5. The number of nitrogens with one attached hydrogen (secondary N) is 6. The molecule has 12 aromatic rings. The third-order valence-corrected chi connectivity index (χ3v) is 23.2. The van der Waals surface area contributed by atoms with E-state index in [1.807, 2.05) is 218 Å². The number of anilines is 6. The van der Waals surface area contributed by atoms with E-state index in [1.54, 1.807) is 48.5 Å². The minimum atomic E-state index is -4.75. The maximum atomic E-state index is 13.3. The van der Waals surface area contributed by atoms with Gasteiger partial charge in [-0.25, -0.2) is 37.5 Å². The number of urea groups is 6. The molecule has 0 heterocycles. The van der Waals surface area contributed by atoms with Crippen LogP contribution in [0.4, 0.5) is 84.8 Å². The molecular formula is C112H133F5N12O20. The van der Waals surface area contributed by atoms with Gasteiger partial charge in [0, 0.05) is 81.2 Å². The van der Waals surface area contributed by atoms with E-state index in [0.717, 1.165) is 126 Å². The predicted octanol–water partition coefficient (Wildman–Crippen LogP) is 24.3. The van der Waals surface area contributed by atoms with Crippen LogP contribution in [0.5, 0.6) is 46.0 Å². The van der Waals surface area contributed by atoms with Crippen molar-refractivity contribution >= 4 is 70.3 Å². The van der Waals surface area contributed by atoms with Crippen molar-refractivity contribution in [2.75, 3.05) is 86.4 Å². The third kappa shape index (κ3) is 33.0. The molecule has 32 nitrogen and oxygen atoms in total. The number of methoxy groups -OCH3 is 1. The normalized spacial score (nSPS) is 11.0. The number of hydrogen-bond acceptors (Lipinski definition) is 20. The first-order valence-electron chi connectivity index (χ1n) is 47.6. The van der Waals surface area contributed by atoms with E-state index in [0.29, 0.717) is 84.7 Å². The molecule has 0 atom stereocenters. The summed E-state index contributed by atoms with van der Waals surface area (Å²) in [6.07, 6.45) is -4.75. The quantitative estimate of drug-likeness (QED) is 0.0113. The Labute approximate surface area is 865 Å². The number of rotatable bonds is 30. The number of alkyl halides is 5. The second-order valence-electron chi connectivity index (χ2n) is 34.6. The van der Waals surface area contributed by atoms with Gasteiger partial charge < -0.3 is 69.8 Å². The Balaban J connectivity index is 0.000000218. The number of ether oxygens (including phenoxy) is 8. The van der Waals surface area contributed by atoms with E-state index in [4.69, 9.17) is 37.9 Å². The van der Waals surface area contributed by atoms with Gasteiger partial charge in [-0.2, -0.15) is 43.6 Å². The number of carbonyl (C=O) groups is 6. The van der Waals surface area contributed by atoms with Gasteiger partial charge in [-0.1, -0.05) is 204 Å². The average molecular weight is 2060 g/mol. The van der Waals surface area contributed by atoms with Crippen molar-refractivity contribution in [2.45, 2.75) is 174 Å². The summed E-state index contributed by atoms with van der Waals surface area (Å²) in [5.41, 5.74) is 16.6. The molecule has 12 amide bonds. The Bertz CT molecular complexity index is 6320. The molecule has 0 aliphatic heterocycles. The van der Waals surface area contributed by atoms with Crippen LogP contribution >= 0.6 is 0 Å². The molecule has 1 fully saturated rings. The molecule has 149 heavy (non-hydrogen) atoms. The van der Waals surface area contributed by atoms with Crippen molar-refractivity contribution in [3.8, 4) is 46.0 Å². The molecule has 13 rings (SSSR count). The van der Waals surface area contributed by atoms with Crippen LogP contribution in [0, 0.1) is 83.1 Å². The van der Waals surface area contributed by atoms with Crippen molar-refractivity contribution in [1.82, 2.24) is 31.9 Å². The van der Waals surface area contributed by atoms with Crippen LogP contribution in [-0.4, -0.2) is 123 Å². The lowest BCUT2D eigenvalue weighted by Crippen LogP contribution is -2.37. The molecule has 0 radical (unpaired) electrons. The van der Waals surface area contributed by atoms with Gasteiger partial charge in [0.1, 0.15) is 97.0 Å². The summed E-state index contributed by atoms with van der Waals surface area (Å²) in [4.78, 5) is 70.7. The first-order chi connectivity index (χ1) is 70.9. The number of para-hydroxylation sites is 6. The van der Waals surface area contributed by atoms with E-state index in [1.165, 1.54) is 84.8 Å². The fourth-order valence-electron chi connectivity index (χ4n) is 15.6. The van der Waals surface area contributed by atoms with Crippen LogP contribution in [0.3, 0.4) is 0 Å². The molecule has 1 aliphatic rings. The lowest BCUT2D eigenvalue weighted by atomic mass is 10.0. The number of halogens is 5. The van der Waals surface area contributed by atoms with E-state index >= 15 is 0 Å². The maximum absolute atomic E-state index is 13.3. The van der Waals surface area contributed by atoms with Crippen LogP contribution in [0.2, 0.25) is 0 Å². The second kappa shape index (κ2) is 56.7. The molecule has 12 N–H and O–H groups in total. The van der Waals surface area contributed by atoms with Crippen LogP contribution < -0.4 is 100 Å². The fraction of sp³-hybridized carbons (Fsp3) is 0.304. The van der Waals surface area contributed by atoms with Crippen molar-refractivity contribution in [3.05, 3.63) is 341 Å². The molecule has 37 heteroatoms. The molecule has 0 unspecified atom stereocenters. The SMILES string of the molecule is CCOc1cccc(COc2ccc(C)cc2C)c1N(O)C(=O)NC.CCc1cccc(COc2ccc(C)cc2C)c1N(O)C(=O)NC.CNC(=O)N(O)c1c(COc2ccc(C)cc2C)cccc1C(F)(F)F.CNC(=O)N(O)c1c(COc2ccc(C)cc2C)cccc1C(F)F.CNC(=O)N(O)c1c(COc2ccc(C)cc2C)cccc1C1CC1.CNC(=O)N(O)c1c(COc2ccc(C)cc2C)cccc1OC. The number of nitrogens with zero attached hydrogens (tertiary/aromatic N) is 6. The lowest BCUT2D eigenvalue weighted by molar-refractivity contribution is -0.137. The predicted molar refractivity (Wildman–Crippen MR) is 562 cm³/mol. The van der Waals surface area contributed by atoms with E-state index < -0.39 is 65.6 Å². The number of benzene rings is 12. The summed E-state index contributed by atoms with van der Waals surface area (Å²) in [6, 6.07) is 59.8. The summed E-state index contributed by atoms with van der Waals surface area (Å²) in [6.45, 7) is 28.4. The molecule has 0 bridgehead atoms. The zero-order chi connectivity index (χ0) is 110. The highest BCUT2D eigenvalue weighted by atomic mass is 19.4. The number of aryl methyl sites for hydroxylation is 13. The summed E-state index contributed by atoms with van der Waals surface area (Å²) in [5, 5.41) is 77.5. The lowest BCUT2D eigenvalue weighted by Gasteiger charge is -2.23. The highest BCUT2D eigenvalue weighted by molar-refractivity contribution is 5.95.